The lowest BCUT2D eigenvalue weighted by molar-refractivity contribution is -0.123. The summed E-state index contributed by atoms with van der Waals surface area (Å²) in [5.74, 6) is -0.189. The first-order chi connectivity index (χ1) is 13.9. The fraction of sp³-hybridized carbons (Fsp3) is 0.364. The largest absolute Gasteiger partial charge is 0.495 e. The monoisotopic (exact) mass is 396 g/mol. The zero-order chi connectivity index (χ0) is 20.8. The van der Waals surface area contributed by atoms with Crippen molar-refractivity contribution < 1.29 is 14.3 Å². The second kappa shape index (κ2) is 9.43. The number of rotatable bonds is 6. The lowest BCUT2D eigenvalue weighted by atomic mass is 10.2. The van der Waals surface area contributed by atoms with Crippen LogP contribution in [0.3, 0.4) is 0 Å². The SMILES string of the molecule is COc1ccc(C)cc1NC(=O)CC(=O)Nc1ccc(N2CCN(C)CC2)cc1. The standard InChI is InChI=1S/C22H28N4O3/c1-16-4-9-20(29-3)19(14-16)24-22(28)15-21(27)23-17-5-7-18(8-6-17)26-12-10-25(2)11-13-26/h4-9,14H,10-13,15H2,1-3H3,(H,23,27)(H,24,28). The minimum atomic E-state index is -0.388. The van der Waals surface area contributed by atoms with Crippen LogP contribution >= 0.6 is 0 Å². The number of piperazine rings is 1. The van der Waals surface area contributed by atoms with Gasteiger partial charge in [-0.25, -0.2) is 0 Å². The molecular weight excluding hydrogens is 368 g/mol. The average Bonchev–Trinajstić information content (AvgIpc) is 2.69. The minimum absolute atomic E-state index is 0.267. The summed E-state index contributed by atoms with van der Waals surface area (Å²) < 4.78 is 5.25. The summed E-state index contributed by atoms with van der Waals surface area (Å²) in [6.07, 6.45) is -0.267. The summed E-state index contributed by atoms with van der Waals surface area (Å²) in [5, 5.41) is 5.52. The number of carbonyl (C=O) groups excluding carboxylic acids is 2. The highest BCUT2D eigenvalue weighted by atomic mass is 16.5. The number of benzene rings is 2. The van der Waals surface area contributed by atoms with E-state index in [4.69, 9.17) is 4.74 Å². The average molecular weight is 396 g/mol. The van der Waals surface area contributed by atoms with Gasteiger partial charge < -0.3 is 25.2 Å². The third-order valence-corrected chi connectivity index (χ3v) is 4.97. The Morgan fingerprint density at radius 2 is 1.62 bits per heavy atom. The highest BCUT2D eigenvalue weighted by Gasteiger charge is 2.15. The van der Waals surface area contributed by atoms with Crippen LogP contribution in [0.25, 0.3) is 0 Å². The molecule has 0 aromatic heterocycles. The fourth-order valence-corrected chi connectivity index (χ4v) is 3.29. The molecule has 1 heterocycles. The van der Waals surface area contributed by atoms with Gasteiger partial charge in [0.05, 0.1) is 12.8 Å². The molecule has 1 aliphatic heterocycles. The Balaban J connectivity index is 1.52. The summed E-state index contributed by atoms with van der Waals surface area (Å²) >= 11 is 0. The summed E-state index contributed by atoms with van der Waals surface area (Å²) in [7, 11) is 3.67. The van der Waals surface area contributed by atoms with Crippen molar-refractivity contribution in [1.29, 1.82) is 0 Å². The van der Waals surface area contributed by atoms with Crippen molar-refractivity contribution >= 4 is 28.9 Å². The van der Waals surface area contributed by atoms with E-state index in [0.717, 1.165) is 37.4 Å². The number of nitrogens with zero attached hydrogens (tertiary/aromatic N) is 2. The third-order valence-electron chi connectivity index (χ3n) is 4.97. The number of amides is 2. The Morgan fingerprint density at radius 1 is 0.966 bits per heavy atom. The second-order valence-corrected chi connectivity index (χ2v) is 7.31. The smallest absolute Gasteiger partial charge is 0.233 e. The first-order valence-electron chi connectivity index (χ1n) is 9.72. The lowest BCUT2D eigenvalue weighted by Crippen LogP contribution is -2.44. The molecule has 0 unspecified atom stereocenters. The molecule has 2 amide bonds. The van der Waals surface area contributed by atoms with Crippen molar-refractivity contribution in [3.63, 3.8) is 0 Å². The predicted octanol–water partition coefficient (Wildman–Crippen LogP) is 2.72. The van der Waals surface area contributed by atoms with Gasteiger partial charge in [-0.05, 0) is 55.9 Å². The van der Waals surface area contributed by atoms with Crippen LogP contribution in [0.5, 0.6) is 5.75 Å². The Hall–Kier alpha value is -3.06. The predicted molar refractivity (Wildman–Crippen MR) is 116 cm³/mol. The van der Waals surface area contributed by atoms with E-state index in [9.17, 15) is 9.59 Å². The molecule has 154 valence electrons. The molecular formula is C22H28N4O3. The van der Waals surface area contributed by atoms with Gasteiger partial charge in [0.25, 0.3) is 0 Å². The van der Waals surface area contributed by atoms with Gasteiger partial charge in [0.2, 0.25) is 11.8 Å². The molecule has 7 nitrogen and oxygen atoms in total. The van der Waals surface area contributed by atoms with Crippen LogP contribution in [0.4, 0.5) is 17.1 Å². The highest BCUT2D eigenvalue weighted by Crippen LogP contribution is 2.25. The summed E-state index contributed by atoms with van der Waals surface area (Å²) in [5.41, 5.74) is 3.36. The minimum Gasteiger partial charge on any atom is -0.495 e. The summed E-state index contributed by atoms with van der Waals surface area (Å²) in [6.45, 7) is 5.99. The van der Waals surface area contributed by atoms with E-state index in [1.165, 1.54) is 0 Å². The molecule has 7 heteroatoms. The molecule has 2 aromatic carbocycles. The Bertz CT molecular complexity index is 859. The Morgan fingerprint density at radius 3 is 2.28 bits per heavy atom. The number of likely N-dealkylation sites (N-methyl/N-ethyl adjacent to an activating group) is 1. The maximum atomic E-state index is 12.2. The van der Waals surface area contributed by atoms with Gasteiger partial charge in [-0.2, -0.15) is 0 Å². The van der Waals surface area contributed by atoms with Crippen LogP contribution in [0, 0.1) is 6.92 Å². The maximum absolute atomic E-state index is 12.2. The number of anilines is 3. The van der Waals surface area contributed by atoms with E-state index in [-0.39, 0.29) is 18.2 Å². The van der Waals surface area contributed by atoms with E-state index < -0.39 is 0 Å². The van der Waals surface area contributed by atoms with Crippen molar-refractivity contribution in [2.75, 3.05) is 55.9 Å². The normalized spacial score (nSPS) is 14.4. The van der Waals surface area contributed by atoms with Crippen LogP contribution in [0.1, 0.15) is 12.0 Å². The van der Waals surface area contributed by atoms with Crippen molar-refractivity contribution in [1.82, 2.24) is 4.90 Å². The summed E-state index contributed by atoms with van der Waals surface area (Å²) in [6, 6.07) is 13.2. The number of nitrogens with one attached hydrogen (secondary N) is 2. The number of aryl methyl sites for hydroxylation is 1. The molecule has 0 bridgehead atoms. The Labute approximate surface area is 171 Å². The van der Waals surface area contributed by atoms with E-state index >= 15 is 0 Å². The molecule has 2 N–H and O–H groups in total. The first kappa shape index (κ1) is 20.7. The van der Waals surface area contributed by atoms with Gasteiger partial charge in [0.15, 0.2) is 0 Å². The molecule has 3 rings (SSSR count). The van der Waals surface area contributed by atoms with Gasteiger partial charge in [-0.15, -0.1) is 0 Å². The van der Waals surface area contributed by atoms with Crippen molar-refractivity contribution in [3.8, 4) is 5.75 Å². The Kier molecular flexibility index (Phi) is 6.72. The van der Waals surface area contributed by atoms with Crippen LogP contribution in [0.15, 0.2) is 42.5 Å². The number of hydrogen-bond donors (Lipinski definition) is 2. The lowest BCUT2D eigenvalue weighted by Gasteiger charge is -2.34. The zero-order valence-corrected chi connectivity index (χ0v) is 17.2. The van der Waals surface area contributed by atoms with Crippen molar-refractivity contribution in [3.05, 3.63) is 48.0 Å². The number of methoxy groups -OCH3 is 1. The van der Waals surface area contributed by atoms with Crippen LogP contribution < -0.4 is 20.3 Å². The maximum Gasteiger partial charge on any atom is 0.233 e. The third kappa shape index (κ3) is 5.71. The highest BCUT2D eigenvalue weighted by molar-refractivity contribution is 6.08. The van der Waals surface area contributed by atoms with Gasteiger partial charge in [-0.1, -0.05) is 6.07 Å². The molecule has 0 radical (unpaired) electrons. The molecule has 29 heavy (non-hydrogen) atoms. The molecule has 0 spiro atoms. The van der Waals surface area contributed by atoms with E-state index in [1.54, 1.807) is 13.2 Å². The van der Waals surface area contributed by atoms with E-state index in [0.29, 0.717) is 17.1 Å². The first-order valence-corrected chi connectivity index (χ1v) is 9.72. The molecule has 0 saturated carbocycles. The van der Waals surface area contributed by atoms with Gasteiger partial charge in [0.1, 0.15) is 12.2 Å². The molecule has 1 saturated heterocycles. The molecule has 1 fully saturated rings. The quantitative estimate of drug-likeness (QED) is 0.735. The van der Waals surface area contributed by atoms with E-state index in [2.05, 4.69) is 27.5 Å². The number of hydrogen-bond acceptors (Lipinski definition) is 5. The number of ether oxygens (including phenoxy) is 1. The van der Waals surface area contributed by atoms with Crippen LogP contribution in [0.2, 0.25) is 0 Å². The number of carbonyl (C=O) groups is 2. The van der Waals surface area contributed by atoms with Gasteiger partial charge >= 0.3 is 0 Å². The summed E-state index contributed by atoms with van der Waals surface area (Å²) in [4.78, 5) is 29.1. The van der Waals surface area contributed by atoms with Gasteiger partial charge in [-0.3, -0.25) is 9.59 Å². The topological polar surface area (TPSA) is 73.9 Å². The fourth-order valence-electron chi connectivity index (χ4n) is 3.29. The van der Waals surface area contributed by atoms with Crippen molar-refractivity contribution in [2.24, 2.45) is 0 Å². The molecule has 0 atom stereocenters. The molecule has 2 aromatic rings. The van der Waals surface area contributed by atoms with E-state index in [1.807, 2.05) is 43.3 Å². The van der Waals surface area contributed by atoms with Gasteiger partial charge in [0, 0.05) is 37.6 Å². The van der Waals surface area contributed by atoms with Crippen molar-refractivity contribution in [2.45, 2.75) is 13.3 Å². The zero-order valence-electron chi connectivity index (χ0n) is 17.2. The molecule has 1 aliphatic rings. The second-order valence-electron chi connectivity index (χ2n) is 7.31. The van der Waals surface area contributed by atoms with Crippen LogP contribution in [-0.2, 0) is 9.59 Å². The molecule has 0 aliphatic carbocycles. The van der Waals surface area contributed by atoms with Crippen LogP contribution in [-0.4, -0.2) is 57.1 Å².